The number of nitrogens with zero attached hydrogens (tertiary/aromatic N) is 3. The van der Waals surface area contributed by atoms with Crippen LogP contribution in [0.3, 0.4) is 0 Å². The topological polar surface area (TPSA) is 51.9 Å². The second kappa shape index (κ2) is 4.22. The second-order valence-corrected chi connectivity index (χ2v) is 3.67. The molecule has 2 aromatic rings. The molecule has 16 heavy (non-hydrogen) atoms. The highest BCUT2D eigenvalue weighted by atomic mass is 16.1. The van der Waals surface area contributed by atoms with Crippen molar-refractivity contribution >= 4 is 5.69 Å². The first kappa shape index (κ1) is 10.5. The molecule has 5 nitrogen and oxygen atoms in total. The molecule has 0 saturated heterocycles. The average molecular weight is 218 g/mol. The zero-order valence-corrected chi connectivity index (χ0v) is 9.34. The van der Waals surface area contributed by atoms with E-state index in [-0.39, 0.29) is 5.56 Å². The fourth-order valence-corrected chi connectivity index (χ4v) is 1.45. The zero-order valence-electron chi connectivity index (χ0n) is 9.34. The molecule has 0 amide bonds. The van der Waals surface area contributed by atoms with Gasteiger partial charge in [-0.25, -0.2) is 4.98 Å². The van der Waals surface area contributed by atoms with Crippen molar-refractivity contribution in [2.24, 2.45) is 14.1 Å². The first-order valence-electron chi connectivity index (χ1n) is 5.03. The summed E-state index contributed by atoms with van der Waals surface area (Å²) in [5.41, 5.74) is 0.896. The molecule has 0 fully saturated rings. The largest absolute Gasteiger partial charge is 0.377 e. The van der Waals surface area contributed by atoms with Crippen molar-refractivity contribution in [3.05, 3.63) is 46.9 Å². The van der Waals surface area contributed by atoms with Gasteiger partial charge < -0.3 is 14.5 Å². The fraction of sp³-hybridized carbons (Fsp3) is 0.273. The van der Waals surface area contributed by atoms with E-state index in [1.165, 1.54) is 0 Å². The third-order valence-electron chi connectivity index (χ3n) is 2.46. The Morgan fingerprint density at radius 2 is 2.12 bits per heavy atom. The highest BCUT2D eigenvalue weighted by Crippen LogP contribution is 2.04. The predicted octanol–water partition coefficient (Wildman–Crippen LogP) is 0.731. The van der Waals surface area contributed by atoms with E-state index in [1.807, 2.05) is 17.8 Å². The molecule has 2 heterocycles. The minimum Gasteiger partial charge on any atom is -0.377 e. The van der Waals surface area contributed by atoms with E-state index >= 15 is 0 Å². The molecule has 0 spiro atoms. The summed E-state index contributed by atoms with van der Waals surface area (Å²) in [5.74, 6) is 0.953. The van der Waals surface area contributed by atoms with Crippen LogP contribution < -0.4 is 10.9 Å². The van der Waals surface area contributed by atoms with E-state index in [1.54, 1.807) is 36.1 Å². The summed E-state index contributed by atoms with van der Waals surface area (Å²) >= 11 is 0. The number of anilines is 1. The van der Waals surface area contributed by atoms with Gasteiger partial charge in [-0.3, -0.25) is 4.79 Å². The third-order valence-corrected chi connectivity index (χ3v) is 2.46. The minimum atomic E-state index is -0.0115. The molecule has 84 valence electrons. The number of hydrogen-bond donors (Lipinski definition) is 1. The monoisotopic (exact) mass is 218 g/mol. The maximum absolute atomic E-state index is 11.2. The molecule has 0 aliphatic rings. The highest BCUT2D eigenvalue weighted by molar-refractivity contribution is 5.40. The van der Waals surface area contributed by atoms with Crippen LogP contribution in [0.15, 0.2) is 35.5 Å². The van der Waals surface area contributed by atoms with Gasteiger partial charge in [-0.15, -0.1) is 0 Å². The number of nitrogens with one attached hydrogen (secondary N) is 1. The minimum absolute atomic E-state index is 0.0115. The van der Waals surface area contributed by atoms with Crippen molar-refractivity contribution in [1.82, 2.24) is 14.1 Å². The van der Waals surface area contributed by atoms with Crippen LogP contribution in [0.4, 0.5) is 5.69 Å². The van der Waals surface area contributed by atoms with Gasteiger partial charge in [-0.2, -0.15) is 0 Å². The van der Waals surface area contributed by atoms with Crippen LogP contribution in [0.25, 0.3) is 0 Å². The maximum Gasteiger partial charge on any atom is 0.250 e. The normalized spacial score (nSPS) is 10.4. The molecule has 5 heteroatoms. The number of hydrogen-bond acceptors (Lipinski definition) is 3. The lowest BCUT2D eigenvalue weighted by molar-refractivity contribution is 0.808. The summed E-state index contributed by atoms with van der Waals surface area (Å²) in [5, 5.41) is 3.21. The lowest BCUT2D eigenvalue weighted by Gasteiger charge is -2.07. The third kappa shape index (κ3) is 2.13. The van der Waals surface area contributed by atoms with Gasteiger partial charge in [0.1, 0.15) is 5.82 Å². The molecule has 2 rings (SSSR count). The SMILES string of the molecule is Cn1ccnc1CNc1ccc(=O)n(C)c1. The van der Waals surface area contributed by atoms with Crippen LogP contribution in [0.5, 0.6) is 0 Å². The van der Waals surface area contributed by atoms with Gasteiger partial charge in [0.2, 0.25) is 5.56 Å². The van der Waals surface area contributed by atoms with Crippen LogP contribution in [-0.2, 0) is 20.6 Å². The van der Waals surface area contributed by atoms with Crippen LogP contribution in [0.2, 0.25) is 0 Å². The lowest BCUT2D eigenvalue weighted by atomic mass is 10.4. The molecule has 0 atom stereocenters. The van der Waals surface area contributed by atoms with Crippen LogP contribution >= 0.6 is 0 Å². The quantitative estimate of drug-likeness (QED) is 0.826. The van der Waals surface area contributed by atoms with Gasteiger partial charge in [0, 0.05) is 38.8 Å². The van der Waals surface area contributed by atoms with Gasteiger partial charge in [-0.05, 0) is 6.07 Å². The van der Waals surface area contributed by atoms with Gasteiger partial charge in [0.15, 0.2) is 0 Å². The maximum atomic E-state index is 11.2. The van der Waals surface area contributed by atoms with Crippen molar-refractivity contribution in [3.63, 3.8) is 0 Å². The zero-order chi connectivity index (χ0) is 11.5. The Hall–Kier alpha value is -2.04. The predicted molar refractivity (Wildman–Crippen MR) is 62.2 cm³/mol. The molecule has 0 unspecified atom stereocenters. The number of imidazole rings is 1. The first-order valence-corrected chi connectivity index (χ1v) is 5.03. The van der Waals surface area contributed by atoms with Gasteiger partial charge in [-0.1, -0.05) is 0 Å². The Bertz CT molecular complexity index is 541. The van der Waals surface area contributed by atoms with E-state index in [0.29, 0.717) is 6.54 Å². The molecule has 1 N–H and O–H groups in total. The van der Waals surface area contributed by atoms with E-state index in [0.717, 1.165) is 11.5 Å². The molecule has 0 aliphatic heterocycles. The number of aryl methyl sites for hydroxylation is 2. The van der Waals surface area contributed by atoms with Crippen molar-refractivity contribution in [2.75, 3.05) is 5.32 Å². The van der Waals surface area contributed by atoms with Crippen LogP contribution in [0.1, 0.15) is 5.82 Å². The Morgan fingerprint density at radius 1 is 1.31 bits per heavy atom. The van der Waals surface area contributed by atoms with Crippen molar-refractivity contribution in [1.29, 1.82) is 0 Å². The molecule has 2 aromatic heterocycles. The number of pyridine rings is 1. The van der Waals surface area contributed by atoms with Gasteiger partial charge in [0.25, 0.3) is 0 Å². The second-order valence-electron chi connectivity index (χ2n) is 3.67. The Morgan fingerprint density at radius 3 is 2.75 bits per heavy atom. The van der Waals surface area contributed by atoms with Crippen LogP contribution in [-0.4, -0.2) is 14.1 Å². The molecule has 0 bridgehead atoms. The number of rotatable bonds is 3. The summed E-state index contributed by atoms with van der Waals surface area (Å²) in [6.45, 7) is 0.641. The Kier molecular flexibility index (Phi) is 2.76. The molecule has 0 saturated carbocycles. The average Bonchev–Trinajstić information content (AvgIpc) is 2.66. The van der Waals surface area contributed by atoms with E-state index in [2.05, 4.69) is 10.3 Å². The number of aromatic nitrogens is 3. The Balaban J connectivity index is 2.08. The summed E-state index contributed by atoms with van der Waals surface area (Å²) in [6, 6.07) is 3.31. The highest BCUT2D eigenvalue weighted by Gasteiger charge is 1.99. The smallest absolute Gasteiger partial charge is 0.250 e. The summed E-state index contributed by atoms with van der Waals surface area (Å²) in [4.78, 5) is 15.4. The Labute approximate surface area is 93.4 Å². The van der Waals surface area contributed by atoms with E-state index < -0.39 is 0 Å². The van der Waals surface area contributed by atoms with E-state index in [9.17, 15) is 4.79 Å². The summed E-state index contributed by atoms with van der Waals surface area (Å²) in [7, 11) is 3.68. The molecule has 0 aliphatic carbocycles. The van der Waals surface area contributed by atoms with E-state index in [4.69, 9.17) is 0 Å². The molecular weight excluding hydrogens is 204 g/mol. The van der Waals surface area contributed by atoms with Crippen molar-refractivity contribution in [2.45, 2.75) is 6.54 Å². The van der Waals surface area contributed by atoms with Crippen molar-refractivity contribution < 1.29 is 0 Å². The standard InChI is InChI=1S/C11H14N4O/c1-14-6-5-12-10(14)7-13-9-3-4-11(16)15(2)8-9/h3-6,8,13H,7H2,1-2H3. The first-order chi connectivity index (χ1) is 7.66. The summed E-state index contributed by atoms with van der Waals surface area (Å²) in [6.07, 6.45) is 5.43. The fourth-order valence-electron chi connectivity index (χ4n) is 1.45. The molecule has 0 radical (unpaired) electrons. The summed E-state index contributed by atoms with van der Waals surface area (Å²) < 4.78 is 3.50. The van der Waals surface area contributed by atoms with Crippen LogP contribution in [0, 0.1) is 0 Å². The lowest BCUT2D eigenvalue weighted by Crippen LogP contribution is -2.15. The molecule has 0 aromatic carbocycles. The van der Waals surface area contributed by atoms with Crippen molar-refractivity contribution in [3.8, 4) is 0 Å². The molecular formula is C11H14N4O. The van der Waals surface area contributed by atoms with Gasteiger partial charge in [0.05, 0.1) is 12.2 Å². The van der Waals surface area contributed by atoms with Gasteiger partial charge >= 0.3 is 0 Å².